The van der Waals surface area contributed by atoms with E-state index in [2.05, 4.69) is 27.9 Å². The molecule has 0 heterocycles. The van der Waals surface area contributed by atoms with E-state index in [9.17, 15) is 9.59 Å². The Morgan fingerprint density at radius 2 is 1.84 bits per heavy atom. The van der Waals surface area contributed by atoms with Gasteiger partial charge in [0.15, 0.2) is 0 Å². The van der Waals surface area contributed by atoms with Crippen LogP contribution in [0.4, 0.5) is 0 Å². The third-order valence-corrected chi connectivity index (χ3v) is 3.32. The molecule has 0 radical (unpaired) electrons. The van der Waals surface area contributed by atoms with Gasteiger partial charge in [-0.05, 0) is 59.7 Å². The van der Waals surface area contributed by atoms with Crippen LogP contribution in [0.25, 0.3) is 0 Å². The van der Waals surface area contributed by atoms with E-state index in [0.29, 0.717) is 12.2 Å². The fourth-order valence-corrected chi connectivity index (χ4v) is 1.92. The molecule has 5 heteroatoms. The highest BCUT2D eigenvalue weighted by molar-refractivity contribution is 14.1. The zero-order chi connectivity index (χ0) is 14.4. The highest BCUT2D eigenvalue weighted by Crippen LogP contribution is 2.09. The van der Waals surface area contributed by atoms with Gasteiger partial charge < -0.3 is 10.1 Å². The van der Waals surface area contributed by atoms with E-state index < -0.39 is 12.0 Å². The van der Waals surface area contributed by atoms with Crippen LogP contribution in [0.5, 0.6) is 0 Å². The number of hydrogen-bond acceptors (Lipinski definition) is 3. The number of esters is 1. The largest absolute Gasteiger partial charge is 0.464 e. The standard InChI is InChI=1S/C14H18INO3/c1-4-19-14(18)12(9(2)3)16-13(17)10-5-7-11(15)8-6-10/h5-9,12H,4H2,1-3H3,(H,16,17)/t12-/m0/s1. The van der Waals surface area contributed by atoms with Crippen molar-refractivity contribution in [3.63, 3.8) is 0 Å². The Kier molecular flexibility index (Phi) is 6.27. The summed E-state index contributed by atoms with van der Waals surface area (Å²) < 4.78 is 6.02. The van der Waals surface area contributed by atoms with Gasteiger partial charge in [0.2, 0.25) is 0 Å². The second-order valence-electron chi connectivity index (χ2n) is 4.45. The molecule has 1 amide bonds. The van der Waals surface area contributed by atoms with Gasteiger partial charge in [-0.25, -0.2) is 4.79 Å². The van der Waals surface area contributed by atoms with E-state index in [0.717, 1.165) is 3.57 Å². The van der Waals surface area contributed by atoms with E-state index in [1.807, 2.05) is 26.0 Å². The van der Waals surface area contributed by atoms with Gasteiger partial charge in [0.1, 0.15) is 6.04 Å². The molecule has 0 aliphatic rings. The Labute approximate surface area is 127 Å². The van der Waals surface area contributed by atoms with Crippen molar-refractivity contribution < 1.29 is 14.3 Å². The fourth-order valence-electron chi connectivity index (χ4n) is 1.56. The van der Waals surface area contributed by atoms with Crippen molar-refractivity contribution in [2.45, 2.75) is 26.8 Å². The average Bonchev–Trinajstić information content (AvgIpc) is 2.36. The van der Waals surface area contributed by atoms with Crippen LogP contribution in [0.3, 0.4) is 0 Å². The van der Waals surface area contributed by atoms with Gasteiger partial charge in [0, 0.05) is 9.13 Å². The van der Waals surface area contributed by atoms with Crippen LogP contribution in [0, 0.1) is 9.49 Å². The molecule has 0 saturated carbocycles. The lowest BCUT2D eigenvalue weighted by Gasteiger charge is -2.20. The molecule has 19 heavy (non-hydrogen) atoms. The first-order valence-corrected chi connectivity index (χ1v) is 7.26. The number of nitrogens with one attached hydrogen (secondary N) is 1. The Balaban J connectivity index is 2.76. The topological polar surface area (TPSA) is 55.4 Å². The Hall–Kier alpha value is -1.11. The molecule has 1 atom stereocenters. The van der Waals surface area contributed by atoms with Crippen molar-refractivity contribution in [2.75, 3.05) is 6.61 Å². The van der Waals surface area contributed by atoms with Gasteiger partial charge in [-0.1, -0.05) is 13.8 Å². The zero-order valence-electron chi connectivity index (χ0n) is 11.3. The molecule has 0 unspecified atom stereocenters. The summed E-state index contributed by atoms with van der Waals surface area (Å²) in [6, 6.07) is 6.56. The predicted molar refractivity (Wildman–Crippen MR) is 81.9 cm³/mol. The fraction of sp³-hybridized carbons (Fsp3) is 0.429. The molecule has 1 N–H and O–H groups in total. The maximum absolute atomic E-state index is 12.1. The first-order chi connectivity index (χ1) is 8.95. The monoisotopic (exact) mass is 375 g/mol. The molecule has 0 aliphatic carbocycles. The van der Waals surface area contributed by atoms with Crippen LogP contribution in [-0.2, 0) is 9.53 Å². The van der Waals surface area contributed by atoms with Gasteiger partial charge in [0.25, 0.3) is 5.91 Å². The summed E-state index contributed by atoms with van der Waals surface area (Å²) in [6.07, 6.45) is 0. The summed E-state index contributed by atoms with van der Waals surface area (Å²) in [4.78, 5) is 23.8. The van der Waals surface area contributed by atoms with E-state index >= 15 is 0 Å². The van der Waals surface area contributed by atoms with Crippen molar-refractivity contribution in [3.8, 4) is 0 Å². The highest BCUT2D eigenvalue weighted by atomic mass is 127. The van der Waals surface area contributed by atoms with E-state index in [-0.39, 0.29) is 11.8 Å². The molecule has 0 fully saturated rings. The lowest BCUT2D eigenvalue weighted by atomic mass is 10.0. The van der Waals surface area contributed by atoms with E-state index in [1.165, 1.54) is 0 Å². The molecule has 0 aromatic heterocycles. The molecule has 1 aromatic carbocycles. The van der Waals surface area contributed by atoms with Crippen molar-refractivity contribution in [2.24, 2.45) is 5.92 Å². The number of halogens is 1. The SMILES string of the molecule is CCOC(=O)[C@@H](NC(=O)c1ccc(I)cc1)C(C)C. The number of ether oxygens (including phenoxy) is 1. The van der Waals surface area contributed by atoms with Crippen LogP contribution < -0.4 is 5.32 Å². The normalized spacial score (nSPS) is 12.1. The summed E-state index contributed by atoms with van der Waals surface area (Å²) in [6.45, 7) is 5.79. The maximum Gasteiger partial charge on any atom is 0.328 e. The summed E-state index contributed by atoms with van der Waals surface area (Å²) in [5.74, 6) is -0.675. The van der Waals surface area contributed by atoms with Crippen molar-refractivity contribution >= 4 is 34.5 Å². The molecule has 4 nitrogen and oxygen atoms in total. The smallest absolute Gasteiger partial charge is 0.328 e. The molecule has 1 aromatic rings. The predicted octanol–water partition coefficient (Wildman–Crippen LogP) is 2.61. The zero-order valence-corrected chi connectivity index (χ0v) is 13.4. The van der Waals surface area contributed by atoms with Crippen LogP contribution in [-0.4, -0.2) is 24.5 Å². The molecular formula is C14H18INO3. The van der Waals surface area contributed by atoms with E-state index in [4.69, 9.17) is 4.74 Å². The maximum atomic E-state index is 12.1. The molecule has 1 rings (SSSR count). The van der Waals surface area contributed by atoms with Crippen LogP contribution >= 0.6 is 22.6 Å². The number of carbonyl (C=O) groups is 2. The van der Waals surface area contributed by atoms with Crippen LogP contribution in [0.15, 0.2) is 24.3 Å². The van der Waals surface area contributed by atoms with Gasteiger partial charge >= 0.3 is 5.97 Å². The average molecular weight is 375 g/mol. The Bertz CT molecular complexity index is 443. The Morgan fingerprint density at radius 3 is 2.32 bits per heavy atom. The molecule has 104 valence electrons. The van der Waals surface area contributed by atoms with Gasteiger partial charge in [-0.2, -0.15) is 0 Å². The molecule has 0 saturated heterocycles. The van der Waals surface area contributed by atoms with Gasteiger partial charge in [0.05, 0.1) is 6.61 Å². The first-order valence-electron chi connectivity index (χ1n) is 6.18. The van der Waals surface area contributed by atoms with E-state index in [1.54, 1.807) is 19.1 Å². The number of hydrogen-bond donors (Lipinski definition) is 1. The number of amides is 1. The van der Waals surface area contributed by atoms with Crippen molar-refractivity contribution in [1.29, 1.82) is 0 Å². The Morgan fingerprint density at radius 1 is 1.26 bits per heavy atom. The first kappa shape index (κ1) is 15.9. The van der Waals surface area contributed by atoms with Gasteiger partial charge in [-0.15, -0.1) is 0 Å². The van der Waals surface area contributed by atoms with Crippen molar-refractivity contribution in [1.82, 2.24) is 5.32 Å². The number of benzene rings is 1. The molecule has 0 bridgehead atoms. The summed E-state index contributed by atoms with van der Waals surface area (Å²) >= 11 is 2.17. The van der Waals surface area contributed by atoms with Crippen molar-refractivity contribution in [3.05, 3.63) is 33.4 Å². The van der Waals surface area contributed by atoms with Crippen LogP contribution in [0.1, 0.15) is 31.1 Å². The second kappa shape index (κ2) is 7.47. The quantitative estimate of drug-likeness (QED) is 0.636. The minimum atomic E-state index is -0.619. The minimum Gasteiger partial charge on any atom is -0.464 e. The third kappa shape index (κ3) is 4.81. The lowest BCUT2D eigenvalue weighted by molar-refractivity contribution is -0.146. The summed E-state index contributed by atoms with van der Waals surface area (Å²) in [5.41, 5.74) is 0.537. The molecule has 0 aliphatic heterocycles. The lowest BCUT2D eigenvalue weighted by Crippen LogP contribution is -2.45. The summed E-state index contributed by atoms with van der Waals surface area (Å²) in [5, 5.41) is 2.72. The molecule has 0 spiro atoms. The number of carbonyl (C=O) groups excluding carboxylic acids is 2. The van der Waals surface area contributed by atoms with Crippen LogP contribution in [0.2, 0.25) is 0 Å². The third-order valence-electron chi connectivity index (χ3n) is 2.60. The van der Waals surface area contributed by atoms with Gasteiger partial charge in [-0.3, -0.25) is 4.79 Å². The highest BCUT2D eigenvalue weighted by Gasteiger charge is 2.25. The molecular weight excluding hydrogens is 357 g/mol. The summed E-state index contributed by atoms with van der Waals surface area (Å²) in [7, 11) is 0. The minimum absolute atomic E-state index is 0.0214. The second-order valence-corrected chi connectivity index (χ2v) is 5.70. The number of rotatable bonds is 5.